The third kappa shape index (κ3) is 6.27. The molecular formula is C15H24N2O3S. The van der Waals surface area contributed by atoms with Crippen molar-refractivity contribution in [1.29, 1.82) is 0 Å². The van der Waals surface area contributed by atoms with Gasteiger partial charge in [0.25, 0.3) is 0 Å². The fraction of sp³-hybridized carbons (Fsp3) is 0.533. The minimum Gasteiger partial charge on any atom is -0.352 e. The molecular weight excluding hydrogens is 288 g/mol. The molecule has 118 valence electrons. The zero-order valence-electron chi connectivity index (χ0n) is 12.8. The van der Waals surface area contributed by atoms with E-state index in [0.717, 1.165) is 18.4 Å². The van der Waals surface area contributed by atoms with E-state index in [1.165, 1.54) is 6.26 Å². The van der Waals surface area contributed by atoms with Crippen LogP contribution in [0.4, 0.5) is 0 Å². The first-order chi connectivity index (χ1) is 9.86. The van der Waals surface area contributed by atoms with Gasteiger partial charge in [-0.3, -0.25) is 4.79 Å². The number of hydrogen-bond acceptors (Lipinski definition) is 4. The van der Waals surface area contributed by atoms with Gasteiger partial charge in [0.1, 0.15) is 0 Å². The smallest absolute Gasteiger partial charge is 0.234 e. The van der Waals surface area contributed by atoms with Crippen molar-refractivity contribution in [2.24, 2.45) is 0 Å². The zero-order valence-corrected chi connectivity index (χ0v) is 13.7. The van der Waals surface area contributed by atoms with Crippen LogP contribution in [0.2, 0.25) is 0 Å². The van der Waals surface area contributed by atoms with Crippen LogP contribution < -0.4 is 10.6 Å². The Morgan fingerprint density at radius 3 is 2.19 bits per heavy atom. The van der Waals surface area contributed by atoms with Gasteiger partial charge < -0.3 is 10.6 Å². The van der Waals surface area contributed by atoms with Gasteiger partial charge in [0.05, 0.1) is 11.4 Å². The number of hydrogen-bond donors (Lipinski definition) is 2. The zero-order chi connectivity index (χ0) is 15.9. The van der Waals surface area contributed by atoms with Crippen LogP contribution in [0.3, 0.4) is 0 Å². The van der Waals surface area contributed by atoms with Crippen molar-refractivity contribution in [2.75, 3.05) is 12.8 Å². The second-order valence-corrected chi connectivity index (χ2v) is 7.12. The van der Waals surface area contributed by atoms with Crippen molar-refractivity contribution in [1.82, 2.24) is 10.6 Å². The number of rotatable bonds is 8. The lowest BCUT2D eigenvalue weighted by Gasteiger charge is -2.14. The van der Waals surface area contributed by atoms with Crippen LogP contribution >= 0.6 is 0 Å². The van der Waals surface area contributed by atoms with E-state index in [1.807, 2.05) is 13.8 Å². The predicted molar refractivity (Wildman–Crippen MR) is 83.8 cm³/mol. The Morgan fingerprint density at radius 1 is 1.14 bits per heavy atom. The molecule has 0 aliphatic heterocycles. The lowest BCUT2D eigenvalue weighted by molar-refractivity contribution is -0.121. The summed E-state index contributed by atoms with van der Waals surface area (Å²) in [5, 5.41) is 6.00. The molecule has 1 amide bonds. The molecule has 0 spiro atoms. The molecule has 21 heavy (non-hydrogen) atoms. The Balaban J connectivity index is 2.41. The molecule has 0 bridgehead atoms. The van der Waals surface area contributed by atoms with Crippen molar-refractivity contribution in [3.8, 4) is 0 Å². The van der Waals surface area contributed by atoms with E-state index >= 15 is 0 Å². The molecule has 1 rings (SSSR count). The molecule has 0 aliphatic carbocycles. The summed E-state index contributed by atoms with van der Waals surface area (Å²) in [6.45, 7) is 4.88. The van der Waals surface area contributed by atoms with E-state index in [4.69, 9.17) is 0 Å². The van der Waals surface area contributed by atoms with Crippen LogP contribution in [-0.4, -0.2) is 33.2 Å². The van der Waals surface area contributed by atoms with Crippen LogP contribution in [0.1, 0.15) is 32.3 Å². The van der Waals surface area contributed by atoms with Gasteiger partial charge in [-0.1, -0.05) is 26.0 Å². The molecule has 0 heterocycles. The number of carbonyl (C=O) groups excluding carboxylic acids is 1. The lowest BCUT2D eigenvalue weighted by Crippen LogP contribution is -2.39. The fourth-order valence-corrected chi connectivity index (χ4v) is 2.58. The molecule has 2 N–H and O–H groups in total. The van der Waals surface area contributed by atoms with Gasteiger partial charge in [-0.25, -0.2) is 8.42 Å². The van der Waals surface area contributed by atoms with Gasteiger partial charge in [0.2, 0.25) is 5.91 Å². The number of sulfone groups is 1. The first-order valence-electron chi connectivity index (χ1n) is 7.15. The van der Waals surface area contributed by atoms with Gasteiger partial charge in [-0.15, -0.1) is 0 Å². The first kappa shape index (κ1) is 17.7. The van der Waals surface area contributed by atoms with E-state index in [1.54, 1.807) is 24.3 Å². The van der Waals surface area contributed by atoms with Crippen molar-refractivity contribution >= 4 is 15.7 Å². The lowest BCUT2D eigenvalue weighted by atomic mass is 10.2. The molecule has 6 heteroatoms. The molecule has 5 nitrogen and oxygen atoms in total. The average molecular weight is 312 g/mol. The molecule has 1 aromatic rings. The van der Waals surface area contributed by atoms with E-state index in [0.29, 0.717) is 11.4 Å². The molecule has 0 fully saturated rings. The van der Waals surface area contributed by atoms with E-state index in [-0.39, 0.29) is 18.5 Å². The van der Waals surface area contributed by atoms with Crippen LogP contribution in [0.25, 0.3) is 0 Å². The van der Waals surface area contributed by atoms with Crippen LogP contribution in [0.5, 0.6) is 0 Å². The number of carbonyl (C=O) groups is 1. The highest BCUT2D eigenvalue weighted by Gasteiger charge is 2.08. The topological polar surface area (TPSA) is 75.3 Å². The Morgan fingerprint density at radius 2 is 1.71 bits per heavy atom. The van der Waals surface area contributed by atoms with Crippen molar-refractivity contribution in [3.05, 3.63) is 29.8 Å². The summed E-state index contributed by atoms with van der Waals surface area (Å²) in [5.41, 5.74) is 0.942. The van der Waals surface area contributed by atoms with Crippen LogP contribution in [0, 0.1) is 0 Å². The van der Waals surface area contributed by atoms with Gasteiger partial charge in [0, 0.05) is 18.8 Å². The highest BCUT2D eigenvalue weighted by Crippen LogP contribution is 2.09. The monoisotopic (exact) mass is 312 g/mol. The molecule has 0 saturated heterocycles. The minimum atomic E-state index is -3.16. The van der Waals surface area contributed by atoms with Crippen molar-refractivity contribution in [2.45, 2.75) is 44.2 Å². The summed E-state index contributed by atoms with van der Waals surface area (Å²) in [6, 6.07) is 6.89. The van der Waals surface area contributed by atoms with E-state index in [2.05, 4.69) is 10.6 Å². The standard InChI is InChI=1S/C15H24N2O3S/c1-4-13(5-2)17-15(18)11-16-10-12-6-8-14(9-7-12)21(3,19)20/h6-9,13,16H,4-5,10-11H2,1-3H3,(H,17,18). The molecule has 0 saturated carbocycles. The molecule has 0 unspecified atom stereocenters. The third-order valence-electron chi connectivity index (χ3n) is 3.32. The second-order valence-electron chi connectivity index (χ2n) is 5.10. The molecule has 0 aromatic heterocycles. The van der Waals surface area contributed by atoms with Crippen molar-refractivity contribution in [3.63, 3.8) is 0 Å². The maximum absolute atomic E-state index is 11.7. The largest absolute Gasteiger partial charge is 0.352 e. The molecule has 0 radical (unpaired) electrons. The van der Waals surface area contributed by atoms with Crippen LogP contribution in [-0.2, 0) is 21.2 Å². The molecule has 0 aliphatic rings. The Hall–Kier alpha value is -1.40. The number of nitrogens with one attached hydrogen (secondary N) is 2. The normalized spacial score (nSPS) is 11.6. The van der Waals surface area contributed by atoms with E-state index < -0.39 is 9.84 Å². The summed E-state index contributed by atoms with van der Waals surface area (Å²) in [4.78, 5) is 12.0. The number of benzene rings is 1. The minimum absolute atomic E-state index is 0.0172. The highest BCUT2D eigenvalue weighted by atomic mass is 32.2. The summed E-state index contributed by atoms with van der Waals surface area (Å²) in [7, 11) is -3.16. The molecule has 0 atom stereocenters. The quantitative estimate of drug-likeness (QED) is 0.762. The number of amides is 1. The summed E-state index contributed by atoms with van der Waals surface area (Å²) < 4.78 is 22.7. The van der Waals surface area contributed by atoms with Gasteiger partial charge in [-0.2, -0.15) is 0 Å². The SMILES string of the molecule is CCC(CC)NC(=O)CNCc1ccc(S(C)(=O)=O)cc1. The first-order valence-corrected chi connectivity index (χ1v) is 9.05. The Kier molecular flexibility index (Phi) is 6.84. The summed E-state index contributed by atoms with van der Waals surface area (Å²) in [6.07, 6.45) is 3.03. The highest BCUT2D eigenvalue weighted by molar-refractivity contribution is 7.90. The maximum Gasteiger partial charge on any atom is 0.234 e. The average Bonchev–Trinajstić information content (AvgIpc) is 2.44. The third-order valence-corrected chi connectivity index (χ3v) is 4.45. The Labute approximate surface area is 127 Å². The summed E-state index contributed by atoms with van der Waals surface area (Å²) in [5.74, 6) is -0.0172. The van der Waals surface area contributed by atoms with Gasteiger partial charge in [-0.05, 0) is 30.5 Å². The fourth-order valence-electron chi connectivity index (χ4n) is 1.95. The van der Waals surface area contributed by atoms with Gasteiger partial charge in [0.15, 0.2) is 9.84 Å². The maximum atomic E-state index is 11.7. The Bertz CT molecular complexity index is 549. The van der Waals surface area contributed by atoms with Gasteiger partial charge >= 0.3 is 0 Å². The summed E-state index contributed by atoms with van der Waals surface area (Å²) >= 11 is 0. The predicted octanol–water partition coefficient (Wildman–Crippen LogP) is 1.48. The molecule has 1 aromatic carbocycles. The van der Waals surface area contributed by atoms with E-state index in [9.17, 15) is 13.2 Å². The van der Waals surface area contributed by atoms with Crippen LogP contribution in [0.15, 0.2) is 29.2 Å². The van der Waals surface area contributed by atoms with Crippen molar-refractivity contribution < 1.29 is 13.2 Å². The second kappa shape index (κ2) is 8.14.